The summed E-state index contributed by atoms with van der Waals surface area (Å²) in [6.07, 6.45) is 2.36. The number of hydrogen-bond donors (Lipinski definition) is 1. The molecule has 1 N–H and O–H groups in total. The van der Waals surface area contributed by atoms with Crippen molar-refractivity contribution in [2.75, 3.05) is 25.1 Å². The highest BCUT2D eigenvalue weighted by Crippen LogP contribution is 2.22. The standard InChI is InChI=1S/C19H24FN3O3S/c1-23(19(24)10-14-7-9-27(25,26)13-14)8-3-6-17-12-18(22-21-17)15-4-2-5-16(20)11-15/h2,4-5,11-12,14H,3,6-10,13H2,1H3,(H,21,22). The van der Waals surface area contributed by atoms with E-state index in [0.717, 1.165) is 24.1 Å². The molecule has 8 heteroatoms. The third kappa shape index (κ3) is 5.38. The monoisotopic (exact) mass is 393 g/mol. The summed E-state index contributed by atoms with van der Waals surface area (Å²) in [5.41, 5.74) is 2.34. The summed E-state index contributed by atoms with van der Waals surface area (Å²) in [5, 5.41) is 7.17. The molecule has 1 saturated heterocycles. The fourth-order valence-corrected chi connectivity index (χ4v) is 5.21. The third-order valence-electron chi connectivity index (χ3n) is 4.91. The van der Waals surface area contributed by atoms with Crippen molar-refractivity contribution in [3.63, 3.8) is 0 Å². The van der Waals surface area contributed by atoms with Crippen molar-refractivity contribution in [2.24, 2.45) is 5.92 Å². The van der Waals surface area contributed by atoms with Gasteiger partial charge in [0, 0.05) is 31.3 Å². The lowest BCUT2D eigenvalue weighted by Crippen LogP contribution is -2.30. The minimum atomic E-state index is -2.95. The Morgan fingerprint density at radius 1 is 1.37 bits per heavy atom. The first-order valence-corrected chi connectivity index (χ1v) is 10.9. The van der Waals surface area contributed by atoms with Gasteiger partial charge in [-0.15, -0.1) is 0 Å². The first-order valence-electron chi connectivity index (χ1n) is 9.07. The number of aromatic nitrogens is 2. The molecule has 27 heavy (non-hydrogen) atoms. The maximum atomic E-state index is 13.3. The molecule has 0 saturated carbocycles. The van der Waals surface area contributed by atoms with Crippen LogP contribution in [0, 0.1) is 11.7 Å². The van der Waals surface area contributed by atoms with Crippen molar-refractivity contribution < 1.29 is 17.6 Å². The Hall–Kier alpha value is -2.22. The number of nitrogens with one attached hydrogen (secondary N) is 1. The van der Waals surface area contributed by atoms with Gasteiger partial charge in [-0.05, 0) is 43.4 Å². The second-order valence-corrected chi connectivity index (χ2v) is 9.41. The van der Waals surface area contributed by atoms with Crippen LogP contribution in [0.25, 0.3) is 11.3 Å². The number of carbonyl (C=O) groups is 1. The fourth-order valence-electron chi connectivity index (χ4n) is 3.35. The second kappa shape index (κ2) is 8.21. The van der Waals surface area contributed by atoms with Crippen molar-refractivity contribution in [1.29, 1.82) is 0 Å². The average Bonchev–Trinajstić information content (AvgIpc) is 3.21. The van der Waals surface area contributed by atoms with E-state index in [2.05, 4.69) is 10.2 Å². The van der Waals surface area contributed by atoms with Crippen LogP contribution in [0.5, 0.6) is 0 Å². The third-order valence-corrected chi connectivity index (χ3v) is 6.74. The number of H-pyrrole nitrogens is 1. The van der Waals surface area contributed by atoms with E-state index >= 15 is 0 Å². The van der Waals surface area contributed by atoms with E-state index in [1.165, 1.54) is 12.1 Å². The summed E-state index contributed by atoms with van der Waals surface area (Å²) in [7, 11) is -1.20. The molecule has 146 valence electrons. The summed E-state index contributed by atoms with van der Waals surface area (Å²) in [4.78, 5) is 13.9. The van der Waals surface area contributed by atoms with Crippen molar-refractivity contribution >= 4 is 15.7 Å². The van der Waals surface area contributed by atoms with Gasteiger partial charge in [0.15, 0.2) is 9.84 Å². The Bertz CT molecular complexity index is 910. The molecule has 2 heterocycles. The molecule has 6 nitrogen and oxygen atoms in total. The molecule has 1 aliphatic heterocycles. The fraction of sp³-hybridized carbons (Fsp3) is 0.474. The van der Waals surface area contributed by atoms with Gasteiger partial charge in [0.25, 0.3) is 0 Å². The Balaban J connectivity index is 1.45. The highest BCUT2D eigenvalue weighted by Gasteiger charge is 2.30. The van der Waals surface area contributed by atoms with Crippen LogP contribution in [0.3, 0.4) is 0 Å². The predicted molar refractivity (Wildman–Crippen MR) is 101 cm³/mol. The molecule has 0 aliphatic carbocycles. The minimum Gasteiger partial charge on any atom is -0.346 e. The highest BCUT2D eigenvalue weighted by atomic mass is 32.2. The van der Waals surface area contributed by atoms with Gasteiger partial charge in [-0.3, -0.25) is 9.89 Å². The van der Waals surface area contributed by atoms with Crippen LogP contribution in [0.2, 0.25) is 0 Å². The lowest BCUT2D eigenvalue weighted by Gasteiger charge is -2.18. The lowest BCUT2D eigenvalue weighted by atomic mass is 10.0. The van der Waals surface area contributed by atoms with Crippen molar-refractivity contribution in [1.82, 2.24) is 15.1 Å². The number of aryl methyl sites for hydroxylation is 1. The van der Waals surface area contributed by atoms with Gasteiger partial charge in [-0.25, -0.2) is 12.8 Å². The van der Waals surface area contributed by atoms with E-state index in [-0.39, 0.29) is 29.1 Å². The number of halogens is 1. The maximum absolute atomic E-state index is 13.3. The van der Waals surface area contributed by atoms with Gasteiger partial charge in [0.05, 0.1) is 17.2 Å². The van der Waals surface area contributed by atoms with Gasteiger partial charge in [0.2, 0.25) is 5.91 Å². The van der Waals surface area contributed by atoms with E-state index in [4.69, 9.17) is 0 Å². The summed E-state index contributed by atoms with van der Waals surface area (Å²) in [5.74, 6) is -0.0353. The molecule has 1 atom stereocenters. The first-order chi connectivity index (χ1) is 12.8. The van der Waals surface area contributed by atoms with Crippen LogP contribution >= 0.6 is 0 Å². The number of aromatic amines is 1. The predicted octanol–water partition coefficient (Wildman–Crippen LogP) is 2.43. The number of rotatable bonds is 7. The Kier molecular flexibility index (Phi) is 5.94. The van der Waals surface area contributed by atoms with Crippen LogP contribution in [0.1, 0.15) is 25.0 Å². The molecule has 1 fully saturated rings. The van der Waals surface area contributed by atoms with Crippen LogP contribution in [-0.2, 0) is 21.1 Å². The molecular formula is C19H24FN3O3S. The van der Waals surface area contributed by atoms with E-state index in [1.807, 2.05) is 6.07 Å². The zero-order chi connectivity index (χ0) is 19.4. The largest absolute Gasteiger partial charge is 0.346 e. The number of carbonyl (C=O) groups excluding carboxylic acids is 1. The smallest absolute Gasteiger partial charge is 0.222 e. The second-order valence-electron chi connectivity index (χ2n) is 7.18. The Morgan fingerprint density at radius 3 is 2.89 bits per heavy atom. The molecule has 1 aliphatic rings. The summed E-state index contributed by atoms with van der Waals surface area (Å²) < 4.78 is 36.3. The zero-order valence-corrected chi connectivity index (χ0v) is 16.1. The normalized spacial score (nSPS) is 18.5. The van der Waals surface area contributed by atoms with Crippen LogP contribution in [0.4, 0.5) is 4.39 Å². The number of sulfone groups is 1. The molecule has 0 bridgehead atoms. The SMILES string of the molecule is CN(CCCc1cc(-c2cccc(F)c2)n[nH]1)C(=O)CC1CCS(=O)(=O)C1. The topological polar surface area (TPSA) is 83.1 Å². The first kappa shape index (κ1) is 19.5. The summed E-state index contributed by atoms with van der Waals surface area (Å²) in [6, 6.07) is 8.17. The van der Waals surface area contributed by atoms with Gasteiger partial charge in [-0.2, -0.15) is 5.10 Å². The lowest BCUT2D eigenvalue weighted by molar-refractivity contribution is -0.130. The number of benzene rings is 1. The number of hydrogen-bond acceptors (Lipinski definition) is 4. The van der Waals surface area contributed by atoms with E-state index in [0.29, 0.717) is 25.1 Å². The summed E-state index contributed by atoms with van der Waals surface area (Å²) >= 11 is 0. The molecule has 1 amide bonds. The van der Waals surface area contributed by atoms with Gasteiger partial charge >= 0.3 is 0 Å². The molecule has 1 unspecified atom stereocenters. The quantitative estimate of drug-likeness (QED) is 0.783. The highest BCUT2D eigenvalue weighted by molar-refractivity contribution is 7.91. The maximum Gasteiger partial charge on any atom is 0.222 e. The van der Waals surface area contributed by atoms with Crippen LogP contribution < -0.4 is 0 Å². The molecule has 1 aromatic heterocycles. The van der Waals surface area contributed by atoms with E-state index in [9.17, 15) is 17.6 Å². The molecule has 0 spiro atoms. The Labute approximate surface area is 158 Å². The molecule has 2 aromatic rings. The minimum absolute atomic E-state index is 0.0119. The van der Waals surface area contributed by atoms with Crippen LogP contribution in [-0.4, -0.2) is 54.5 Å². The van der Waals surface area contributed by atoms with Crippen LogP contribution in [0.15, 0.2) is 30.3 Å². The van der Waals surface area contributed by atoms with Gasteiger partial charge in [-0.1, -0.05) is 12.1 Å². The molecular weight excluding hydrogens is 369 g/mol. The van der Waals surface area contributed by atoms with Crippen molar-refractivity contribution in [3.05, 3.63) is 41.8 Å². The Morgan fingerprint density at radius 2 is 2.19 bits per heavy atom. The van der Waals surface area contributed by atoms with E-state index < -0.39 is 9.84 Å². The van der Waals surface area contributed by atoms with Crippen molar-refractivity contribution in [3.8, 4) is 11.3 Å². The zero-order valence-electron chi connectivity index (χ0n) is 15.3. The molecule has 0 radical (unpaired) electrons. The summed E-state index contributed by atoms with van der Waals surface area (Å²) in [6.45, 7) is 0.590. The molecule has 1 aromatic carbocycles. The van der Waals surface area contributed by atoms with Gasteiger partial charge in [0.1, 0.15) is 5.82 Å². The molecule has 3 rings (SSSR count). The van der Waals surface area contributed by atoms with Crippen molar-refractivity contribution in [2.45, 2.75) is 25.7 Å². The number of amides is 1. The van der Waals surface area contributed by atoms with E-state index in [1.54, 1.807) is 24.1 Å². The number of nitrogens with zero attached hydrogens (tertiary/aromatic N) is 2. The average molecular weight is 393 g/mol. The van der Waals surface area contributed by atoms with Gasteiger partial charge < -0.3 is 4.90 Å².